The summed E-state index contributed by atoms with van der Waals surface area (Å²) in [7, 11) is 0. The summed E-state index contributed by atoms with van der Waals surface area (Å²) >= 11 is 0. The van der Waals surface area contributed by atoms with Crippen molar-refractivity contribution in [3.8, 4) is 0 Å². The van der Waals surface area contributed by atoms with Gasteiger partial charge in [-0.3, -0.25) is 0 Å². The van der Waals surface area contributed by atoms with Gasteiger partial charge in [-0.2, -0.15) is 0 Å². The van der Waals surface area contributed by atoms with E-state index in [1.54, 1.807) is 6.92 Å². The van der Waals surface area contributed by atoms with Crippen LogP contribution in [-0.4, -0.2) is 70.6 Å². The molecule has 2 rings (SSSR count). The summed E-state index contributed by atoms with van der Waals surface area (Å²) in [6.45, 7) is 4.55. The van der Waals surface area contributed by atoms with E-state index in [0.29, 0.717) is 39.6 Å². The van der Waals surface area contributed by atoms with Gasteiger partial charge in [-0.25, -0.2) is 0 Å². The maximum absolute atomic E-state index is 6.08. The van der Waals surface area contributed by atoms with E-state index in [4.69, 9.17) is 39.9 Å². The fraction of sp³-hybridized carbons (Fsp3) is 1.00. The van der Waals surface area contributed by atoms with Gasteiger partial charge in [0.25, 0.3) is 0 Å². The van der Waals surface area contributed by atoms with Crippen molar-refractivity contribution in [2.75, 3.05) is 53.2 Å². The summed E-state index contributed by atoms with van der Waals surface area (Å²) in [5.41, 5.74) is 10.9. The molecule has 20 heavy (non-hydrogen) atoms. The molecule has 0 spiro atoms. The van der Waals surface area contributed by atoms with Crippen molar-refractivity contribution in [2.45, 2.75) is 24.3 Å². The van der Waals surface area contributed by atoms with Crippen LogP contribution in [0, 0.1) is 0 Å². The highest BCUT2D eigenvalue weighted by atomic mass is 16.7. The molecule has 0 aliphatic carbocycles. The SMILES string of the molecule is CC(OCC1(N)COCOC1)OCC1(N)COCOC1. The third kappa shape index (κ3) is 4.90. The Labute approximate surface area is 118 Å². The largest absolute Gasteiger partial charge is 0.353 e. The molecule has 0 atom stereocenters. The Morgan fingerprint density at radius 3 is 1.55 bits per heavy atom. The predicted molar refractivity (Wildman–Crippen MR) is 68.7 cm³/mol. The summed E-state index contributed by atoms with van der Waals surface area (Å²) in [6.07, 6.45) is -0.431. The van der Waals surface area contributed by atoms with Crippen molar-refractivity contribution in [3.05, 3.63) is 0 Å². The molecule has 2 fully saturated rings. The molecule has 2 aliphatic heterocycles. The van der Waals surface area contributed by atoms with Crippen molar-refractivity contribution < 1.29 is 28.4 Å². The molecule has 0 bridgehead atoms. The molecule has 2 aliphatic rings. The zero-order chi connectivity index (χ0) is 14.5. The molecule has 0 aromatic carbocycles. The first kappa shape index (κ1) is 16.1. The lowest BCUT2D eigenvalue weighted by Gasteiger charge is -2.35. The van der Waals surface area contributed by atoms with Crippen LogP contribution in [0.15, 0.2) is 0 Å². The zero-order valence-electron chi connectivity index (χ0n) is 11.8. The molecule has 0 aromatic rings. The Hall–Kier alpha value is -0.320. The second-order valence-electron chi connectivity index (χ2n) is 5.54. The van der Waals surface area contributed by atoms with Gasteiger partial charge in [-0.1, -0.05) is 0 Å². The van der Waals surface area contributed by atoms with Crippen LogP contribution in [0.3, 0.4) is 0 Å². The molecular formula is C12H24N2O6. The fourth-order valence-corrected chi connectivity index (χ4v) is 1.96. The van der Waals surface area contributed by atoms with Crippen molar-refractivity contribution in [1.82, 2.24) is 0 Å². The smallest absolute Gasteiger partial charge is 0.154 e. The number of ether oxygens (including phenoxy) is 6. The average molecular weight is 292 g/mol. The Balaban J connectivity index is 1.65. The molecule has 0 saturated carbocycles. The van der Waals surface area contributed by atoms with E-state index in [-0.39, 0.29) is 13.6 Å². The Morgan fingerprint density at radius 1 is 0.850 bits per heavy atom. The number of hydrogen-bond donors (Lipinski definition) is 2. The third-order valence-electron chi connectivity index (χ3n) is 3.10. The molecular weight excluding hydrogens is 268 g/mol. The van der Waals surface area contributed by atoms with Gasteiger partial charge in [-0.15, -0.1) is 0 Å². The van der Waals surface area contributed by atoms with Gasteiger partial charge in [0.05, 0.1) is 50.7 Å². The Kier molecular flexibility index (Phi) is 5.70. The first-order chi connectivity index (χ1) is 9.52. The molecule has 118 valence electrons. The van der Waals surface area contributed by atoms with E-state index in [2.05, 4.69) is 0 Å². The third-order valence-corrected chi connectivity index (χ3v) is 3.10. The van der Waals surface area contributed by atoms with Gasteiger partial charge in [0.1, 0.15) is 13.6 Å². The van der Waals surface area contributed by atoms with Gasteiger partial charge < -0.3 is 39.9 Å². The predicted octanol–water partition coefficient (Wildman–Crippen LogP) is -1.23. The topological polar surface area (TPSA) is 107 Å². The lowest BCUT2D eigenvalue weighted by atomic mass is 10.1. The monoisotopic (exact) mass is 292 g/mol. The van der Waals surface area contributed by atoms with Crippen molar-refractivity contribution in [2.24, 2.45) is 11.5 Å². The Morgan fingerprint density at radius 2 is 1.20 bits per heavy atom. The average Bonchev–Trinajstić information content (AvgIpc) is 2.45. The first-order valence-corrected chi connectivity index (χ1v) is 6.63. The minimum Gasteiger partial charge on any atom is -0.353 e. The minimum absolute atomic E-state index is 0.278. The van der Waals surface area contributed by atoms with Crippen LogP contribution < -0.4 is 11.5 Å². The summed E-state index contributed by atoms with van der Waals surface area (Å²) < 4.78 is 31.8. The highest BCUT2D eigenvalue weighted by Gasteiger charge is 2.32. The molecule has 8 heteroatoms. The molecule has 4 N–H and O–H groups in total. The van der Waals surface area contributed by atoms with E-state index in [1.807, 2.05) is 0 Å². The minimum atomic E-state index is -0.632. The zero-order valence-corrected chi connectivity index (χ0v) is 11.8. The van der Waals surface area contributed by atoms with Crippen molar-refractivity contribution in [1.29, 1.82) is 0 Å². The van der Waals surface area contributed by atoms with Crippen molar-refractivity contribution >= 4 is 0 Å². The van der Waals surface area contributed by atoms with Crippen molar-refractivity contribution in [3.63, 3.8) is 0 Å². The summed E-state index contributed by atoms with van der Waals surface area (Å²) in [5.74, 6) is 0. The van der Waals surface area contributed by atoms with E-state index in [9.17, 15) is 0 Å². The summed E-state index contributed by atoms with van der Waals surface area (Å²) in [6, 6.07) is 0. The van der Waals surface area contributed by atoms with Crippen LogP contribution in [0.25, 0.3) is 0 Å². The fourth-order valence-electron chi connectivity index (χ4n) is 1.96. The lowest BCUT2D eigenvalue weighted by molar-refractivity contribution is -0.202. The van der Waals surface area contributed by atoms with E-state index >= 15 is 0 Å². The van der Waals surface area contributed by atoms with Gasteiger partial charge in [0.2, 0.25) is 0 Å². The van der Waals surface area contributed by atoms with Gasteiger partial charge >= 0.3 is 0 Å². The van der Waals surface area contributed by atoms with Crippen LogP contribution in [0.1, 0.15) is 6.92 Å². The quantitative estimate of drug-likeness (QED) is 0.586. The summed E-state index contributed by atoms with van der Waals surface area (Å²) in [4.78, 5) is 0. The van der Waals surface area contributed by atoms with Crippen LogP contribution in [0.2, 0.25) is 0 Å². The van der Waals surface area contributed by atoms with Crippen LogP contribution in [-0.2, 0) is 28.4 Å². The molecule has 2 heterocycles. The van der Waals surface area contributed by atoms with Gasteiger partial charge in [-0.05, 0) is 6.92 Å². The maximum Gasteiger partial charge on any atom is 0.154 e. The van der Waals surface area contributed by atoms with Gasteiger partial charge in [0, 0.05) is 0 Å². The van der Waals surface area contributed by atoms with Crippen LogP contribution in [0.5, 0.6) is 0 Å². The Bertz CT molecular complexity index is 264. The number of nitrogens with two attached hydrogens (primary N) is 2. The lowest BCUT2D eigenvalue weighted by Crippen LogP contribution is -2.57. The number of hydrogen-bond acceptors (Lipinski definition) is 8. The highest BCUT2D eigenvalue weighted by Crippen LogP contribution is 2.13. The molecule has 0 radical (unpaired) electrons. The normalized spacial score (nSPS) is 25.8. The van der Waals surface area contributed by atoms with E-state index in [0.717, 1.165) is 0 Å². The second kappa shape index (κ2) is 7.10. The molecule has 2 saturated heterocycles. The number of rotatable bonds is 6. The van der Waals surface area contributed by atoms with Gasteiger partial charge in [0.15, 0.2) is 6.29 Å². The molecule has 8 nitrogen and oxygen atoms in total. The molecule has 0 unspecified atom stereocenters. The first-order valence-electron chi connectivity index (χ1n) is 6.63. The molecule has 0 amide bonds. The van der Waals surface area contributed by atoms with Crippen LogP contribution >= 0.6 is 0 Å². The summed E-state index contributed by atoms with van der Waals surface area (Å²) in [5, 5.41) is 0. The molecule has 0 aromatic heterocycles. The van der Waals surface area contributed by atoms with E-state index < -0.39 is 17.4 Å². The van der Waals surface area contributed by atoms with E-state index in [1.165, 1.54) is 0 Å². The van der Waals surface area contributed by atoms with Crippen LogP contribution in [0.4, 0.5) is 0 Å². The second-order valence-corrected chi connectivity index (χ2v) is 5.54. The highest BCUT2D eigenvalue weighted by molar-refractivity contribution is 4.86. The standard InChI is InChI=1S/C12H24N2O6/c1-10(19-6-11(13)2-15-8-16-3-11)20-7-12(14)4-17-9-18-5-12/h10H,2-9,13-14H2,1H3. The maximum atomic E-state index is 6.08.